The molecule has 17 heavy (non-hydrogen) atoms. The molecule has 0 radical (unpaired) electrons. The molecule has 2 N–H and O–H groups in total. The summed E-state index contributed by atoms with van der Waals surface area (Å²) < 4.78 is 0. The standard InChI is InChI=1S/C14H20N2O/c1-14(2,3)16-9-13(17)11-4-5-12-10(8-11)6-7-15-12/h4-5,8,15-16H,6-7,9H2,1-3H3. The van der Waals surface area contributed by atoms with Crippen molar-refractivity contribution in [1.29, 1.82) is 0 Å². The molecule has 0 fully saturated rings. The zero-order valence-electron chi connectivity index (χ0n) is 10.8. The maximum absolute atomic E-state index is 12.0. The van der Waals surface area contributed by atoms with Crippen LogP contribution in [-0.2, 0) is 6.42 Å². The van der Waals surface area contributed by atoms with Gasteiger partial charge in [-0.15, -0.1) is 0 Å². The lowest BCUT2D eigenvalue weighted by Crippen LogP contribution is -2.39. The van der Waals surface area contributed by atoms with E-state index in [1.165, 1.54) is 11.3 Å². The number of fused-ring (bicyclic) bond motifs is 1. The van der Waals surface area contributed by atoms with Gasteiger partial charge >= 0.3 is 0 Å². The Morgan fingerprint density at radius 2 is 2.18 bits per heavy atom. The van der Waals surface area contributed by atoms with Crippen molar-refractivity contribution in [1.82, 2.24) is 5.32 Å². The fraction of sp³-hybridized carbons (Fsp3) is 0.500. The molecule has 0 aliphatic carbocycles. The Balaban J connectivity index is 2.05. The molecule has 3 nitrogen and oxygen atoms in total. The number of Topliss-reactive ketones (excluding diaryl/α,β-unsaturated/α-hetero) is 1. The van der Waals surface area contributed by atoms with E-state index in [-0.39, 0.29) is 11.3 Å². The Morgan fingerprint density at radius 3 is 2.88 bits per heavy atom. The highest BCUT2D eigenvalue weighted by Gasteiger charge is 2.15. The lowest BCUT2D eigenvalue weighted by atomic mass is 10.0. The van der Waals surface area contributed by atoms with Crippen molar-refractivity contribution in [2.75, 3.05) is 18.4 Å². The first-order valence-electron chi connectivity index (χ1n) is 6.11. The number of carbonyl (C=O) groups excluding carboxylic acids is 1. The van der Waals surface area contributed by atoms with Gasteiger partial charge in [0.1, 0.15) is 0 Å². The lowest BCUT2D eigenvalue weighted by molar-refractivity contribution is 0.0982. The molecule has 1 aliphatic rings. The molecule has 1 heterocycles. The highest BCUT2D eigenvalue weighted by molar-refractivity contribution is 5.98. The minimum Gasteiger partial charge on any atom is -0.384 e. The van der Waals surface area contributed by atoms with Crippen LogP contribution in [0.5, 0.6) is 0 Å². The minimum atomic E-state index is -0.0199. The van der Waals surface area contributed by atoms with Crippen molar-refractivity contribution in [3.63, 3.8) is 0 Å². The Morgan fingerprint density at radius 1 is 1.41 bits per heavy atom. The predicted molar refractivity (Wildman–Crippen MR) is 70.7 cm³/mol. The number of anilines is 1. The van der Waals surface area contributed by atoms with Crippen molar-refractivity contribution >= 4 is 11.5 Å². The topological polar surface area (TPSA) is 41.1 Å². The number of benzene rings is 1. The first kappa shape index (κ1) is 12.1. The maximum atomic E-state index is 12.0. The number of hydrogen-bond donors (Lipinski definition) is 2. The molecule has 0 spiro atoms. The third-order valence-electron chi connectivity index (χ3n) is 2.92. The number of ketones is 1. The van der Waals surface area contributed by atoms with Gasteiger partial charge in [-0.2, -0.15) is 0 Å². The molecule has 0 amide bonds. The molecule has 0 aromatic heterocycles. The van der Waals surface area contributed by atoms with Gasteiger partial charge in [0.2, 0.25) is 0 Å². The van der Waals surface area contributed by atoms with Gasteiger partial charge in [0.25, 0.3) is 0 Å². The third-order valence-corrected chi connectivity index (χ3v) is 2.92. The highest BCUT2D eigenvalue weighted by atomic mass is 16.1. The maximum Gasteiger partial charge on any atom is 0.176 e. The Bertz CT molecular complexity index is 432. The van der Waals surface area contributed by atoms with Crippen LogP contribution in [-0.4, -0.2) is 24.4 Å². The minimum absolute atomic E-state index is 0.0199. The van der Waals surface area contributed by atoms with Gasteiger partial charge in [0, 0.05) is 23.3 Å². The summed E-state index contributed by atoms with van der Waals surface area (Å²) in [5, 5.41) is 6.52. The second-order valence-corrected chi connectivity index (χ2v) is 5.58. The van der Waals surface area contributed by atoms with Crippen molar-refractivity contribution in [2.45, 2.75) is 32.7 Å². The molecule has 92 valence electrons. The molecule has 0 bridgehead atoms. The molecule has 1 aromatic rings. The van der Waals surface area contributed by atoms with Crippen LogP contribution in [0.15, 0.2) is 18.2 Å². The summed E-state index contributed by atoms with van der Waals surface area (Å²) in [7, 11) is 0. The van der Waals surface area contributed by atoms with Gasteiger partial charge in [0.15, 0.2) is 5.78 Å². The smallest absolute Gasteiger partial charge is 0.176 e. The van der Waals surface area contributed by atoms with E-state index < -0.39 is 0 Å². The SMILES string of the molecule is CC(C)(C)NCC(=O)c1ccc2c(c1)CCN2. The van der Waals surface area contributed by atoms with Crippen molar-refractivity contribution < 1.29 is 4.79 Å². The van der Waals surface area contributed by atoms with Crippen LogP contribution in [0.25, 0.3) is 0 Å². The Kier molecular flexibility index (Phi) is 3.20. The van der Waals surface area contributed by atoms with Crippen molar-refractivity contribution in [2.24, 2.45) is 0 Å². The number of carbonyl (C=O) groups is 1. The first-order valence-corrected chi connectivity index (χ1v) is 6.11. The molecule has 1 aromatic carbocycles. The molecular formula is C14H20N2O. The molecule has 3 heteroatoms. The highest BCUT2D eigenvalue weighted by Crippen LogP contribution is 2.23. The van der Waals surface area contributed by atoms with E-state index in [1.807, 2.05) is 18.2 Å². The summed E-state index contributed by atoms with van der Waals surface area (Å²) in [6.07, 6.45) is 1.02. The van der Waals surface area contributed by atoms with E-state index in [2.05, 4.69) is 31.4 Å². The molecule has 0 atom stereocenters. The van der Waals surface area contributed by atoms with Gasteiger partial charge in [-0.25, -0.2) is 0 Å². The quantitative estimate of drug-likeness (QED) is 0.785. The van der Waals surface area contributed by atoms with Gasteiger partial charge in [-0.05, 0) is 51.0 Å². The van der Waals surface area contributed by atoms with Crippen LogP contribution >= 0.6 is 0 Å². The van der Waals surface area contributed by atoms with E-state index in [0.717, 1.165) is 18.5 Å². The van der Waals surface area contributed by atoms with E-state index in [1.54, 1.807) is 0 Å². The number of hydrogen-bond acceptors (Lipinski definition) is 3. The van der Waals surface area contributed by atoms with Gasteiger partial charge in [-0.3, -0.25) is 4.79 Å². The van der Waals surface area contributed by atoms with Gasteiger partial charge in [0.05, 0.1) is 6.54 Å². The third kappa shape index (κ3) is 3.07. The van der Waals surface area contributed by atoms with Gasteiger partial charge < -0.3 is 10.6 Å². The number of rotatable bonds is 3. The average molecular weight is 232 g/mol. The molecule has 0 saturated heterocycles. The fourth-order valence-electron chi connectivity index (χ4n) is 1.93. The Labute approximate surface area is 103 Å². The summed E-state index contributed by atoms with van der Waals surface area (Å²) >= 11 is 0. The van der Waals surface area contributed by atoms with E-state index in [0.29, 0.717) is 6.54 Å². The molecule has 2 rings (SSSR count). The zero-order chi connectivity index (χ0) is 12.5. The largest absolute Gasteiger partial charge is 0.384 e. The normalized spacial score (nSPS) is 14.3. The van der Waals surface area contributed by atoms with Crippen LogP contribution in [0.4, 0.5) is 5.69 Å². The van der Waals surface area contributed by atoms with Gasteiger partial charge in [-0.1, -0.05) is 0 Å². The van der Waals surface area contributed by atoms with Crippen molar-refractivity contribution in [3.8, 4) is 0 Å². The molecule has 0 unspecified atom stereocenters. The molecule has 1 aliphatic heterocycles. The van der Waals surface area contributed by atoms with Crippen LogP contribution in [0, 0.1) is 0 Å². The van der Waals surface area contributed by atoms with Crippen LogP contribution < -0.4 is 10.6 Å². The van der Waals surface area contributed by atoms with E-state index >= 15 is 0 Å². The monoisotopic (exact) mass is 232 g/mol. The fourth-order valence-corrected chi connectivity index (χ4v) is 1.93. The second-order valence-electron chi connectivity index (χ2n) is 5.58. The van der Waals surface area contributed by atoms with Crippen molar-refractivity contribution in [3.05, 3.63) is 29.3 Å². The number of nitrogens with one attached hydrogen (secondary N) is 2. The summed E-state index contributed by atoms with van der Waals surface area (Å²) in [5.41, 5.74) is 3.22. The Hall–Kier alpha value is -1.35. The lowest BCUT2D eigenvalue weighted by Gasteiger charge is -2.19. The van der Waals surface area contributed by atoms with Crippen LogP contribution in [0.1, 0.15) is 36.7 Å². The van der Waals surface area contributed by atoms with Crippen LogP contribution in [0.3, 0.4) is 0 Å². The second kappa shape index (κ2) is 4.49. The summed E-state index contributed by atoms with van der Waals surface area (Å²) in [6.45, 7) is 7.57. The summed E-state index contributed by atoms with van der Waals surface area (Å²) in [6, 6.07) is 5.93. The first-order chi connectivity index (χ1) is 7.96. The molecular weight excluding hydrogens is 212 g/mol. The van der Waals surface area contributed by atoms with Crippen LogP contribution in [0.2, 0.25) is 0 Å². The summed E-state index contributed by atoms with van der Waals surface area (Å²) in [4.78, 5) is 12.0. The van der Waals surface area contributed by atoms with E-state index in [9.17, 15) is 4.79 Å². The zero-order valence-corrected chi connectivity index (χ0v) is 10.8. The molecule has 0 saturated carbocycles. The predicted octanol–water partition coefficient (Wildman–Crippen LogP) is 2.23. The van der Waals surface area contributed by atoms with E-state index in [4.69, 9.17) is 0 Å². The summed E-state index contributed by atoms with van der Waals surface area (Å²) in [5.74, 6) is 0.162. The average Bonchev–Trinajstić information content (AvgIpc) is 2.71.